The fraction of sp³-hybridized carbons (Fsp3) is 0.345. The van der Waals surface area contributed by atoms with E-state index in [1.165, 1.54) is 17.7 Å². The smallest absolute Gasteiger partial charge is 0.223 e. The summed E-state index contributed by atoms with van der Waals surface area (Å²) in [6, 6.07) is 20.2. The molecule has 5 atom stereocenters. The fourth-order valence-electron chi connectivity index (χ4n) is 5.46. The van der Waals surface area contributed by atoms with Gasteiger partial charge in [-0.25, -0.2) is 15.2 Å². The number of hydrogen-bond donors (Lipinski definition) is 4. The Morgan fingerprint density at radius 2 is 1.65 bits per heavy atom. The van der Waals surface area contributed by atoms with Crippen molar-refractivity contribution in [2.45, 2.75) is 38.1 Å². The number of benzene rings is 3. The zero-order valence-corrected chi connectivity index (χ0v) is 21.3. The Morgan fingerprint density at radius 1 is 0.946 bits per heavy atom. The van der Waals surface area contributed by atoms with E-state index in [1.807, 2.05) is 49.4 Å². The van der Waals surface area contributed by atoms with Crippen molar-refractivity contribution < 1.29 is 18.7 Å². The van der Waals surface area contributed by atoms with Crippen LogP contribution in [0, 0.1) is 24.6 Å². The van der Waals surface area contributed by atoms with Crippen LogP contribution in [0.15, 0.2) is 66.7 Å². The second-order valence-electron chi connectivity index (χ2n) is 9.75. The molecule has 0 aliphatic carbocycles. The van der Waals surface area contributed by atoms with Gasteiger partial charge in [-0.05, 0) is 54.3 Å². The molecule has 2 aliphatic rings. The van der Waals surface area contributed by atoms with Gasteiger partial charge in [-0.15, -0.1) is 0 Å². The summed E-state index contributed by atoms with van der Waals surface area (Å²) in [6.07, 6.45) is 0.425. The van der Waals surface area contributed by atoms with Crippen molar-refractivity contribution in [2.24, 2.45) is 11.8 Å². The van der Waals surface area contributed by atoms with Crippen molar-refractivity contribution in [3.8, 4) is 11.5 Å². The topological polar surface area (TPSA) is 83.7 Å². The Labute approximate surface area is 216 Å². The van der Waals surface area contributed by atoms with Gasteiger partial charge in [-0.3, -0.25) is 10.1 Å². The molecule has 2 saturated heterocycles. The number of fused-ring (bicyclic) bond motifs is 1. The predicted molar refractivity (Wildman–Crippen MR) is 139 cm³/mol. The van der Waals surface area contributed by atoms with Gasteiger partial charge in [0.25, 0.3) is 0 Å². The second-order valence-corrected chi connectivity index (χ2v) is 9.75. The second kappa shape index (κ2) is 10.9. The van der Waals surface area contributed by atoms with E-state index in [0.717, 1.165) is 16.7 Å². The van der Waals surface area contributed by atoms with Crippen molar-refractivity contribution in [3.05, 3.63) is 94.8 Å². The number of piperidine rings is 1. The van der Waals surface area contributed by atoms with Crippen LogP contribution in [0.3, 0.4) is 0 Å². The van der Waals surface area contributed by atoms with E-state index in [1.54, 1.807) is 26.4 Å². The predicted octanol–water partition coefficient (Wildman–Crippen LogP) is 3.91. The molecule has 3 aromatic rings. The van der Waals surface area contributed by atoms with Crippen LogP contribution in [0.25, 0.3) is 0 Å². The lowest BCUT2D eigenvalue weighted by Crippen LogP contribution is -2.54. The van der Waals surface area contributed by atoms with Crippen LogP contribution < -0.4 is 31.0 Å². The minimum atomic E-state index is -0.299. The average molecular weight is 505 g/mol. The summed E-state index contributed by atoms with van der Waals surface area (Å²) >= 11 is 0. The first-order chi connectivity index (χ1) is 18.0. The number of nitrogens with one attached hydrogen (secondary N) is 4. The third kappa shape index (κ3) is 5.32. The third-order valence-electron chi connectivity index (χ3n) is 7.46. The highest BCUT2D eigenvalue weighted by molar-refractivity contribution is 5.79. The normalized spacial score (nSPS) is 24.8. The van der Waals surface area contributed by atoms with Gasteiger partial charge in [-0.1, -0.05) is 48.0 Å². The molecule has 4 N–H and O–H groups in total. The van der Waals surface area contributed by atoms with E-state index in [-0.39, 0.29) is 41.8 Å². The number of carbonyl (C=O) groups is 1. The molecule has 3 aromatic carbocycles. The number of aryl methyl sites for hydroxylation is 1. The Hall–Kier alpha value is -3.46. The first-order valence-electron chi connectivity index (χ1n) is 12.5. The van der Waals surface area contributed by atoms with Gasteiger partial charge in [-0.2, -0.15) is 0 Å². The van der Waals surface area contributed by atoms with Crippen LogP contribution in [0.2, 0.25) is 0 Å². The van der Waals surface area contributed by atoms with Gasteiger partial charge in [0, 0.05) is 24.4 Å². The molecular weight excluding hydrogens is 471 g/mol. The van der Waals surface area contributed by atoms with E-state index in [2.05, 4.69) is 21.5 Å². The molecule has 1 amide bonds. The standard InChI is InChI=1S/C29H33FN4O3/c1-17-4-6-18(7-5-17)16-31-29(35)22-15-23(20-10-13-24(36-2)25(14-20)37-3)32-28-26(22)27(33-34-28)19-8-11-21(30)12-9-19/h4-14,22-23,26-28,32-34H,15-16H2,1-3H3,(H,31,35). The number of rotatable bonds is 7. The van der Waals surface area contributed by atoms with Gasteiger partial charge in [0.15, 0.2) is 11.5 Å². The minimum absolute atomic E-state index is 0.000151. The van der Waals surface area contributed by atoms with E-state index < -0.39 is 0 Å². The first kappa shape index (κ1) is 25.2. The molecule has 5 unspecified atom stereocenters. The zero-order chi connectivity index (χ0) is 25.9. The summed E-state index contributed by atoms with van der Waals surface area (Å²) in [5.41, 5.74) is 10.9. The Kier molecular flexibility index (Phi) is 7.41. The average Bonchev–Trinajstić information content (AvgIpc) is 3.36. The van der Waals surface area contributed by atoms with E-state index in [9.17, 15) is 9.18 Å². The van der Waals surface area contributed by atoms with Gasteiger partial charge in [0.1, 0.15) is 5.82 Å². The Morgan fingerprint density at radius 3 is 2.35 bits per heavy atom. The van der Waals surface area contributed by atoms with Gasteiger partial charge in [0.05, 0.1) is 26.4 Å². The quantitative estimate of drug-likeness (QED) is 0.391. The fourth-order valence-corrected chi connectivity index (χ4v) is 5.46. The van der Waals surface area contributed by atoms with Gasteiger partial charge in [0.2, 0.25) is 5.91 Å². The molecule has 5 rings (SSSR count). The molecule has 7 nitrogen and oxygen atoms in total. The van der Waals surface area contributed by atoms with Crippen LogP contribution in [0.1, 0.15) is 40.8 Å². The molecule has 2 fully saturated rings. The van der Waals surface area contributed by atoms with Crippen LogP contribution >= 0.6 is 0 Å². The van der Waals surface area contributed by atoms with E-state index in [4.69, 9.17) is 9.47 Å². The number of methoxy groups -OCH3 is 2. The monoisotopic (exact) mass is 504 g/mol. The largest absolute Gasteiger partial charge is 0.493 e. The van der Waals surface area contributed by atoms with Gasteiger partial charge >= 0.3 is 0 Å². The summed E-state index contributed by atoms with van der Waals surface area (Å²) in [5, 5.41) is 6.84. The molecule has 0 saturated carbocycles. The summed E-state index contributed by atoms with van der Waals surface area (Å²) in [5.74, 6) is 0.636. The maximum atomic E-state index is 13.7. The van der Waals surface area contributed by atoms with Crippen LogP contribution in [-0.2, 0) is 11.3 Å². The molecule has 194 valence electrons. The van der Waals surface area contributed by atoms with E-state index in [0.29, 0.717) is 24.5 Å². The molecule has 0 radical (unpaired) electrons. The van der Waals surface area contributed by atoms with Gasteiger partial charge < -0.3 is 14.8 Å². The summed E-state index contributed by atoms with van der Waals surface area (Å²) in [4.78, 5) is 13.7. The zero-order valence-electron chi connectivity index (χ0n) is 21.3. The minimum Gasteiger partial charge on any atom is -0.493 e. The number of halogens is 1. The van der Waals surface area contributed by atoms with Crippen molar-refractivity contribution in [1.29, 1.82) is 0 Å². The molecule has 37 heavy (non-hydrogen) atoms. The Bertz CT molecular complexity index is 1230. The molecule has 0 bridgehead atoms. The van der Waals surface area contributed by atoms with Crippen molar-refractivity contribution in [2.75, 3.05) is 14.2 Å². The van der Waals surface area contributed by atoms with Crippen molar-refractivity contribution in [3.63, 3.8) is 0 Å². The first-order valence-corrected chi connectivity index (χ1v) is 12.5. The maximum Gasteiger partial charge on any atom is 0.223 e. The lowest BCUT2D eigenvalue weighted by Gasteiger charge is -2.40. The lowest BCUT2D eigenvalue weighted by molar-refractivity contribution is -0.129. The number of carbonyl (C=O) groups excluding carboxylic acids is 1. The van der Waals surface area contributed by atoms with Crippen LogP contribution in [0.4, 0.5) is 4.39 Å². The number of hydrogen-bond acceptors (Lipinski definition) is 6. The molecular formula is C29H33FN4O3. The summed E-state index contributed by atoms with van der Waals surface area (Å²) in [6.45, 7) is 2.51. The summed E-state index contributed by atoms with van der Waals surface area (Å²) in [7, 11) is 3.22. The Balaban J connectivity index is 1.42. The van der Waals surface area contributed by atoms with Crippen molar-refractivity contribution in [1.82, 2.24) is 21.5 Å². The van der Waals surface area contributed by atoms with E-state index >= 15 is 0 Å². The summed E-state index contributed by atoms with van der Waals surface area (Å²) < 4.78 is 24.5. The number of ether oxygens (including phenoxy) is 2. The molecule has 2 heterocycles. The molecule has 8 heteroatoms. The highest BCUT2D eigenvalue weighted by atomic mass is 19.1. The SMILES string of the molecule is COc1ccc(C2CC(C(=O)NCc3ccc(C)cc3)C3C(NNC3c3ccc(F)cc3)N2)cc1OC. The maximum absolute atomic E-state index is 13.7. The molecule has 2 aliphatic heterocycles. The lowest BCUT2D eigenvalue weighted by atomic mass is 9.74. The van der Waals surface area contributed by atoms with Crippen molar-refractivity contribution >= 4 is 5.91 Å². The number of hydrazine groups is 1. The third-order valence-corrected chi connectivity index (χ3v) is 7.46. The highest BCUT2D eigenvalue weighted by Crippen LogP contribution is 2.43. The van der Waals surface area contributed by atoms with Crippen LogP contribution in [0.5, 0.6) is 11.5 Å². The molecule has 0 spiro atoms. The number of amides is 1. The molecule has 0 aromatic heterocycles. The van der Waals surface area contributed by atoms with Crippen LogP contribution in [-0.4, -0.2) is 26.3 Å². The highest BCUT2D eigenvalue weighted by Gasteiger charge is 2.49.